The predicted octanol–water partition coefficient (Wildman–Crippen LogP) is -0.642. The summed E-state index contributed by atoms with van der Waals surface area (Å²) in [5, 5.41) is 15.8. The average Bonchev–Trinajstić information content (AvgIpc) is 1.75. The van der Waals surface area contributed by atoms with Crippen molar-refractivity contribution in [1.29, 1.82) is 0 Å². The molecule has 0 bridgehead atoms. The molecule has 8 heavy (non-hydrogen) atoms. The van der Waals surface area contributed by atoms with Gasteiger partial charge in [0.05, 0.1) is 0 Å². The number of hydrogen-bond acceptors (Lipinski definition) is 3. The highest BCUT2D eigenvalue weighted by atomic mass is 35.5. The van der Waals surface area contributed by atoms with Crippen LogP contribution < -0.4 is 5.73 Å². The zero-order valence-corrected chi connectivity index (χ0v) is 5.82. The zero-order valence-electron chi connectivity index (χ0n) is 5.00. The van der Waals surface area contributed by atoms with Crippen molar-refractivity contribution >= 4 is 12.4 Å². The first-order chi connectivity index (χ1) is 3.41. The van der Waals surface area contributed by atoms with Crippen LogP contribution >= 0.6 is 12.4 Å². The summed E-state index contributed by atoms with van der Waals surface area (Å²) in [5.41, 5.74) is 4.50. The first-order valence-electron chi connectivity index (χ1n) is 2.21. The molecule has 0 aromatic rings. The third-order valence-electron chi connectivity index (χ3n) is 0.316. The molecule has 4 heteroatoms. The quantitative estimate of drug-likeness (QED) is 0.482. The predicted molar refractivity (Wildman–Crippen MR) is 36.1 cm³/mol. The minimum absolute atomic E-state index is 0. The van der Waals surface area contributed by atoms with E-state index >= 15 is 0 Å². The molecule has 54 valence electrons. The summed E-state index contributed by atoms with van der Waals surface area (Å²) in [5.74, 6) is 0. The molecule has 0 heterocycles. The lowest BCUT2D eigenvalue weighted by Gasteiger charge is -1.79. The molecular formula is C4H14ClNO2. The summed E-state index contributed by atoms with van der Waals surface area (Å²) >= 11 is 0. The molecule has 4 N–H and O–H groups in total. The molecule has 0 saturated heterocycles. The summed E-state index contributed by atoms with van der Waals surface area (Å²) in [4.78, 5) is 0. The van der Waals surface area contributed by atoms with Gasteiger partial charge in [0, 0.05) is 13.2 Å². The first kappa shape index (κ1) is 15.7. The molecule has 0 aromatic carbocycles. The van der Waals surface area contributed by atoms with E-state index in [1.807, 2.05) is 0 Å². The standard InChI is InChI=1S/C3H8O2.CH5N.ClH/c4-2-1-3-5;1-2;/h4-5H,1-3H2;2H2,1H3;1H. The van der Waals surface area contributed by atoms with Gasteiger partial charge in [-0.05, 0) is 13.5 Å². The maximum Gasteiger partial charge on any atom is 0.0452 e. The van der Waals surface area contributed by atoms with Crippen LogP contribution in [-0.2, 0) is 0 Å². The number of rotatable bonds is 2. The SMILES string of the molecule is CN.Cl.OCCCO. The van der Waals surface area contributed by atoms with Crippen molar-refractivity contribution in [3.05, 3.63) is 0 Å². The fourth-order valence-corrected chi connectivity index (χ4v) is 0.0707. The fourth-order valence-electron chi connectivity index (χ4n) is 0.0707. The van der Waals surface area contributed by atoms with Gasteiger partial charge >= 0.3 is 0 Å². The second-order valence-corrected chi connectivity index (χ2v) is 0.801. The molecule has 0 unspecified atom stereocenters. The van der Waals surface area contributed by atoms with E-state index in [-0.39, 0.29) is 25.6 Å². The smallest absolute Gasteiger partial charge is 0.0452 e. The minimum Gasteiger partial charge on any atom is -0.396 e. The van der Waals surface area contributed by atoms with Crippen LogP contribution in [0.5, 0.6) is 0 Å². The van der Waals surface area contributed by atoms with Gasteiger partial charge in [-0.1, -0.05) is 0 Å². The molecule has 0 aliphatic carbocycles. The largest absolute Gasteiger partial charge is 0.396 e. The van der Waals surface area contributed by atoms with Gasteiger partial charge in [0.15, 0.2) is 0 Å². The lowest BCUT2D eigenvalue weighted by Crippen LogP contribution is -1.85. The minimum atomic E-state index is 0. The summed E-state index contributed by atoms with van der Waals surface area (Å²) < 4.78 is 0. The van der Waals surface area contributed by atoms with Crippen molar-refractivity contribution in [3.63, 3.8) is 0 Å². The van der Waals surface area contributed by atoms with Crippen LogP contribution in [0.25, 0.3) is 0 Å². The third kappa shape index (κ3) is 35.0. The van der Waals surface area contributed by atoms with E-state index in [2.05, 4.69) is 5.73 Å². The highest BCUT2D eigenvalue weighted by Gasteiger charge is 1.70. The molecular weight excluding hydrogens is 130 g/mol. The summed E-state index contributed by atoms with van der Waals surface area (Å²) in [6.07, 6.45) is 0.500. The van der Waals surface area contributed by atoms with Crippen LogP contribution in [0.4, 0.5) is 0 Å². The topological polar surface area (TPSA) is 66.5 Å². The number of halogens is 1. The summed E-state index contributed by atoms with van der Waals surface area (Å²) in [6, 6.07) is 0. The Kier molecular flexibility index (Phi) is 53.4. The second-order valence-electron chi connectivity index (χ2n) is 0.801. The van der Waals surface area contributed by atoms with Crippen LogP contribution in [-0.4, -0.2) is 30.5 Å². The van der Waals surface area contributed by atoms with Crippen molar-refractivity contribution in [2.24, 2.45) is 5.73 Å². The molecule has 0 amide bonds. The first-order valence-corrected chi connectivity index (χ1v) is 2.21. The molecule has 3 nitrogen and oxygen atoms in total. The normalized spacial score (nSPS) is 6.00. The summed E-state index contributed by atoms with van der Waals surface area (Å²) in [6.45, 7) is 0.188. The highest BCUT2D eigenvalue weighted by Crippen LogP contribution is 1.65. The van der Waals surface area contributed by atoms with Gasteiger partial charge in [-0.15, -0.1) is 12.4 Å². The highest BCUT2D eigenvalue weighted by molar-refractivity contribution is 5.85. The van der Waals surface area contributed by atoms with E-state index in [4.69, 9.17) is 10.2 Å². The zero-order chi connectivity index (χ0) is 6.12. The molecule has 0 saturated carbocycles. The Morgan fingerprint density at radius 1 is 1.12 bits per heavy atom. The molecule has 0 aliphatic heterocycles. The Morgan fingerprint density at radius 2 is 1.38 bits per heavy atom. The van der Waals surface area contributed by atoms with Gasteiger partial charge in [-0.3, -0.25) is 0 Å². The number of aliphatic hydroxyl groups is 2. The van der Waals surface area contributed by atoms with E-state index < -0.39 is 0 Å². The lowest BCUT2D eigenvalue weighted by atomic mass is 10.5. The molecule has 0 atom stereocenters. The van der Waals surface area contributed by atoms with Gasteiger partial charge in [0.25, 0.3) is 0 Å². The Balaban J connectivity index is -0.0000000750. The van der Waals surface area contributed by atoms with Crippen molar-refractivity contribution in [1.82, 2.24) is 0 Å². The molecule has 0 radical (unpaired) electrons. The second kappa shape index (κ2) is 27.2. The number of nitrogens with two attached hydrogens (primary N) is 1. The van der Waals surface area contributed by atoms with Gasteiger partial charge in [-0.2, -0.15) is 0 Å². The van der Waals surface area contributed by atoms with Crippen molar-refractivity contribution in [3.8, 4) is 0 Å². The van der Waals surface area contributed by atoms with E-state index in [1.165, 1.54) is 7.05 Å². The molecule has 0 spiro atoms. The van der Waals surface area contributed by atoms with E-state index in [9.17, 15) is 0 Å². The number of aliphatic hydroxyl groups excluding tert-OH is 2. The van der Waals surface area contributed by atoms with E-state index in [0.29, 0.717) is 6.42 Å². The maximum absolute atomic E-state index is 7.91. The van der Waals surface area contributed by atoms with Crippen LogP contribution in [0.1, 0.15) is 6.42 Å². The van der Waals surface area contributed by atoms with Crippen molar-refractivity contribution in [2.45, 2.75) is 6.42 Å². The Labute approximate surface area is 55.9 Å². The maximum atomic E-state index is 7.91. The van der Waals surface area contributed by atoms with Gasteiger partial charge in [-0.25, -0.2) is 0 Å². The lowest BCUT2D eigenvalue weighted by molar-refractivity contribution is 0.221. The van der Waals surface area contributed by atoms with Crippen LogP contribution in [0.2, 0.25) is 0 Å². The van der Waals surface area contributed by atoms with Crippen LogP contribution in [0, 0.1) is 0 Å². The van der Waals surface area contributed by atoms with Crippen LogP contribution in [0.3, 0.4) is 0 Å². The monoisotopic (exact) mass is 143 g/mol. The van der Waals surface area contributed by atoms with Crippen molar-refractivity contribution < 1.29 is 10.2 Å². The fraction of sp³-hybridized carbons (Fsp3) is 1.00. The Bertz CT molecular complexity index is 21.5. The third-order valence-corrected chi connectivity index (χ3v) is 0.316. The van der Waals surface area contributed by atoms with Gasteiger partial charge in [0.2, 0.25) is 0 Å². The van der Waals surface area contributed by atoms with Crippen LogP contribution in [0.15, 0.2) is 0 Å². The number of hydrogen-bond donors (Lipinski definition) is 3. The Morgan fingerprint density at radius 3 is 1.38 bits per heavy atom. The molecule has 0 fully saturated rings. The van der Waals surface area contributed by atoms with Gasteiger partial charge in [0.1, 0.15) is 0 Å². The molecule has 0 aliphatic rings. The molecule has 0 rings (SSSR count). The van der Waals surface area contributed by atoms with Crippen molar-refractivity contribution in [2.75, 3.05) is 20.3 Å². The van der Waals surface area contributed by atoms with Gasteiger partial charge < -0.3 is 15.9 Å². The average molecular weight is 144 g/mol. The van der Waals surface area contributed by atoms with E-state index in [0.717, 1.165) is 0 Å². The van der Waals surface area contributed by atoms with E-state index in [1.54, 1.807) is 0 Å². The summed E-state index contributed by atoms with van der Waals surface area (Å²) in [7, 11) is 1.50. The molecule has 0 aromatic heterocycles. The Hall–Kier alpha value is 0.170.